The van der Waals surface area contributed by atoms with Gasteiger partial charge < -0.3 is 14.8 Å². The average molecular weight is 383 g/mol. The number of carbonyl (C=O) groups excluding carboxylic acids is 3. The van der Waals surface area contributed by atoms with Crippen LogP contribution in [0.3, 0.4) is 0 Å². The van der Waals surface area contributed by atoms with Gasteiger partial charge in [0.25, 0.3) is 0 Å². The van der Waals surface area contributed by atoms with Gasteiger partial charge in [0, 0.05) is 17.7 Å². The van der Waals surface area contributed by atoms with Crippen molar-refractivity contribution in [2.75, 3.05) is 18.5 Å². The van der Waals surface area contributed by atoms with Crippen LogP contribution >= 0.6 is 0 Å². The molecule has 0 bridgehead atoms. The maximum absolute atomic E-state index is 12.1. The SMILES string of the molecule is CCC(=O)Nc1ccc(C(=O)COC(=O)COc2ccc(C(C)C)cc2)cc1. The number of Topliss-reactive ketones (excluding diaryl/α,β-unsaturated/α-hetero) is 1. The first kappa shape index (κ1) is 21.2. The van der Waals surface area contributed by atoms with Crippen LogP contribution < -0.4 is 10.1 Å². The highest BCUT2D eigenvalue weighted by Gasteiger charge is 2.11. The van der Waals surface area contributed by atoms with E-state index >= 15 is 0 Å². The molecule has 0 aliphatic rings. The Morgan fingerprint density at radius 3 is 2.14 bits per heavy atom. The van der Waals surface area contributed by atoms with Crippen molar-refractivity contribution in [1.82, 2.24) is 0 Å². The first-order chi connectivity index (χ1) is 13.4. The number of carbonyl (C=O) groups is 3. The largest absolute Gasteiger partial charge is 0.482 e. The molecule has 0 radical (unpaired) electrons. The lowest BCUT2D eigenvalue weighted by Gasteiger charge is -2.09. The van der Waals surface area contributed by atoms with Gasteiger partial charge in [-0.1, -0.05) is 32.9 Å². The lowest BCUT2D eigenvalue weighted by molar-refractivity contribution is -0.144. The summed E-state index contributed by atoms with van der Waals surface area (Å²) in [4.78, 5) is 35.2. The smallest absolute Gasteiger partial charge is 0.344 e. The Bertz CT molecular complexity index is 810. The van der Waals surface area contributed by atoms with Crippen LogP contribution in [-0.2, 0) is 14.3 Å². The molecule has 6 heteroatoms. The van der Waals surface area contributed by atoms with Crippen molar-refractivity contribution in [3.63, 3.8) is 0 Å². The summed E-state index contributed by atoms with van der Waals surface area (Å²) in [6.07, 6.45) is 0.376. The predicted octanol–water partition coefficient (Wildman–Crippen LogP) is 3.96. The van der Waals surface area contributed by atoms with E-state index in [0.29, 0.717) is 29.3 Å². The van der Waals surface area contributed by atoms with Crippen molar-refractivity contribution >= 4 is 23.3 Å². The highest BCUT2D eigenvalue weighted by Crippen LogP contribution is 2.18. The van der Waals surface area contributed by atoms with Crippen LogP contribution in [-0.4, -0.2) is 30.9 Å². The van der Waals surface area contributed by atoms with E-state index in [-0.39, 0.29) is 24.9 Å². The molecular weight excluding hydrogens is 358 g/mol. The lowest BCUT2D eigenvalue weighted by atomic mass is 10.0. The fourth-order valence-electron chi connectivity index (χ4n) is 2.35. The summed E-state index contributed by atoms with van der Waals surface area (Å²) >= 11 is 0. The summed E-state index contributed by atoms with van der Waals surface area (Å²) in [6, 6.07) is 13.9. The molecule has 0 spiro atoms. The van der Waals surface area contributed by atoms with Crippen molar-refractivity contribution in [2.45, 2.75) is 33.1 Å². The zero-order valence-corrected chi connectivity index (χ0v) is 16.4. The minimum absolute atomic E-state index is 0.105. The Morgan fingerprint density at radius 1 is 0.929 bits per heavy atom. The Morgan fingerprint density at radius 2 is 1.57 bits per heavy atom. The van der Waals surface area contributed by atoms with Gasteiger partial charge in [-0.25, -0.2) is 4.79 Å². The number of amides is 1. The van der Waals surface area contributed by atoms with E-state index in [1.807, 2.05) is 12.1 Å². The van der Waals surface area contributed by atoms with Crippen LogP contribution in [0.2, 0.25) is 0 Å². The average Bonchev–Trinajstić information content (AvgIpc) is 2.71. The van der Waals surface area contributed by atoms with Gasteiger partial charge in [-0.15, -0.1) is 0 Å². The number of ether oxygens (including phenoxy) is 2. The fourth-order valence-corrected chi connectivity index (χ4v) is 2.35. The monoisotopic (exact) mass is 383 g/mol. The minimum atomic E-state index is -0.617. The Hall–Kier alpha value is -3.15. The molecular formula is C22H25NO5. The van der Waals surface area contributed by atoms with E-state index in [9.17, 15) is 14.4 Å². The molecule has 148 valence electrons. The first-order valence-corrected chi connectivity index (χ1v) is 9.20. The zero-order chi connectivity index (χ0) is 20.5. The molecule has 0 fully saturated rings. The van der Waals surface area contributed by atoms with E-state index in [4.69, 9.17) is 9.47 Å². The summed E-state index contributed by atoms with van der Waals surface area (Å²) in [5.74, 6) is -0.0672. The van der Waals surface area contributed by atoms with Gasteiger partial charge in [-0.05, 0) is 47.9 Å². The molecule has 2 aromatic carbocycles. The zero-order valence-electron chi connectivity index (χ0n) is 16.4. The van der Waals surface area contributed by atoms with Gasteiger partial charge in [0.05, 0.1) is 0 Å². The van der Waals surface area contributed by atoms with Crippen molar-refractivity contribution in [3.05, 3.63) is 59.7 Å². The Labute approximate surface area is 164 Å². The molecule has 0 aliphatic carbocycles. The number of nitrogens with one attached hydrogen (secondary N) is 1. The minimum Gasteiger partial charge on any atom is -0.482 e. The highest BCUT2D eigenvalue weighted by molar-refractivity contribution is 5.98. The molecule has 1 amide bonds. The summed E-state index contributed by atoms with van der Waals surface area (Å²) in [7, 11) is 0. The van der Waals surface area contributed by atoms with Crippen LogP contribution in [0.5, 0.6) is 5.75 Å². The van der Waals surface area contributed by atoms with Gasteiger partial charge in [0.15, 0.2) is 19.0 Å². The van der Waals surface area contributed by atoms with Crippen LogP contribution in [0.25, 0.3) is 0 Å². The fraction of sp³-hybridized carbons (Fsp3) is 0.318. The highest BCUT2D eigenvalue weighted by atomic mass is 16.6. The second-order valence-corrected chi connectivity index (χ2v) is 6.58. The summed E-state index contributed by atoms with van der Waals surface area (Å²) in [5, 5.41) is 2.70. The van der Waals surface area contributed by atoms with Crippen LogP contribution in [0.1, 0.15) is 49.0 Å². The van der Waals surface area contributed by atoms with Crippen molar-refractivity contribution in [2.24, 2.45) is 0 Å². The van der Waals surface area contributed by atoms with E-state index in [1.54, 1.807) is 43.3 Å². The quantitative estimate of drug-likeness (QED) is 0.523. The van der Waals surface area contributed by atoms with Gasteiger partial charge in [-0.3, -0.25) is 9.59 Å². The third-order valence-electron chi connectivity index (χ3n) is 4.08. The van der Waals surface area contributed by atoms with Crippen molar-refractivity contribution in [1.29, 1.82) is 0 Å². The van der Waals surface area contributed by atoms with E-state index < -0.39 is 5.97 Å². The number of benzene rings is 2. The molecule has 0 aromatic heterocycles. The normalized spacial score (nSPS) is 10.4. The molecule has 0 atom stereocenters. The number of esters is 1. The molecule has 2 aromatic rings. The molecule has 0 saturated carbocycles. The predicted molar refractivity (Wildman–Crippen MR) is 107 cm³/mol. The topological polar surface area (TPSA) is 81.7 Å². The van der Waals surface area contributed by atoms with Crippen molar-refractivity contribution < 1.29 is 23.9 Å². The standard InChI is InChI=1S/C22H25NO5/c1-4-21(25)23-18-9-5-17(6-10-18)20(24)13-28-22(26)14-27-19-11-7-16(8-12-19)15(2)3/h5-12,15H,4,13-14H2,1-3H3,(H,23,25). The molecule has 1 N–H and O–H groups in total. The third kappa shape index (κ3) is 6.54. The lowest BCUT2D eigenvalue weighted by Crippen LogP contribution is -2.19. The number of rotatable bonds is 9. The second-order valence-electron chi connectivity index (χ2n) is 6.58. The number of hydrogen-bond donors (Lipinski definition) is 1. The van der Waals surface area contributed by atoms with E-state index in [1.165, 1.54) is 5.56 Å². The Balaban J connectivity index is 1.77. The van der Waals surface area contributed by atoms with Gasteiger partial charge in [0.2, 0.25) is 5.91 Å². The second kappa shape index (κ2) is 10.3. The molecule has 0 unspecified atom stereocenters. The third-order valence-corrected chi connectivity index (χ3v) is 4.08. The van der Waals surface area contributed by atoms with Crippen LogP contribution in [0.15, 0.2) is 48.5 Å². The van der Waals surface area contributed by atoms with Gasteiger partial charge in [-0.2, -0.15) is 0 Å². The summed E-state index contributed by atoms with van der Waals surface area (Å²) in [6.45, 7) is 5.31. The molecule has 28 heavy (non-hydrogen) atoms. The first-order valence-electron chi connectivity index (χ1n) is 9.20. The molecule has 0 heterocycles. The number of hydrogen-bond acceptors (Lipinski definition) is 5. The number of ketones is 1. The molecule has 0 saturated heterocycles. The van der Waals surface area contributed by atoms with Gasteiger partial charge in [0.1, 0.15) is 5.75 Å². The maximum Gasteiger partial charge on any atom is 0.344 e. The van der Waals surface area contributed by atoms with Crippen molar-refractivity contribution in [3.8, 4) is 5.75 Å². The van der Waals surface area contributed by atoms with Crippen LogP contribution in [0, 0.1) is 0 Å². The van der Waals surface area contributed by atoms with Gasteiger partial charge >= 0.3 is 5.97 Å². The van der Waals surface area contributed by atoms with Crippen LogP contribution in [0.4, 0.5) is 5.69 Å². The Kier molecular flexibility index (Phi) is 7.75. The molecule has 0 aliphatic heterocycles. The molecule has 2 rings (SSSR count). The van der Waals surface area contributed by atoms with E-state index in [0.717, 1.165) is 0 Å². The summed E-state index contributed by atoms with van der Waals surface area (Å²) < 4.78 is 10.3. The molecule has 6 nitrogen and oxygen atoms in total. The summed E-state index contributed by atoms with van der Waals surface area (Å²) in [5.41, 5.74) is 2.19. The maximum atomic E-state index is 12.1. The number of anilines is 1. The van der Waals surface area contributed by atoms with E-state index in [2.05, 4.69) is 19.2 Å².